The van der Waals surface area contributed by atoms with Crippen LogP contribution in [-0.2, 0) is 20.8 Å². The first kappa shape index (κ1) is 29.1. The highest BCUT2D eigenvalue weighted by molar-refractivity contribution is 5.84. The topological polar surface area (TPSA) is 111 Å². The van der Waals surface area contributed by atoms with Gasteiger partial charge in [0.2, 0.25) is 17.7 Å². The summed E-state index contributed by atoms with van der Waals surface area (Å²) < 4.78 is 0. The first-order chi connectivity index (χ1) is 17.6. The van der Waals surface area contributed by atoms with Gasteiger partial charge in [-0.1, -0.05) is 56.5 Å². The minimum absolute atomic E-state index is 0.00893. The molecule has 2 aliphatic rings. The zero-order valence-corrected chi connectivity index (χ0v) is 23.0. The Bertz CT molecular complexity index is 901. The molecule has 8 nitrogen and oxygen atoms in total. The summed E-state index contributed by atoms with van der Waals surface area (Å²) in [7, 11) is 0. The number of hydrogen-bond acceptors (Lipinski definition) is 5. The summed E-state index contributed by atoms with van der Waals surface area (Å²) in [5, 5.41) is 20.1. The molecule has 0 spiro atoms. The molecule has 0 radical (unpaired) electrons. The van der Waals surface area contributed by atoms with Gasteiger partial charge in [0, 0.05) is 25.0 Å². The molecule has 1 aliphatic heterocycles. The van der Waals surface area contributed by atoms with Crippen molar-refractivity contribution in [3.05, 3.63) is 35.9 Å². The molecular weight excluding hydrogens is 468 g/mol. The third kappa shape index (κ3) is 9.11. The van der Waals surface area contributed by atoms with Crippen LogP contribution in [0.2, 0.25) is 0 Å². The standard InChI is InChI=1S/C29H46N4O4/c1-5-26(35)30-17-27(36)31-23(15-20-11-7-6-8-12-20)25(34)19-33-18-22-14-10-9-13-21(22)16-24(33)28(37)32-29(2,3)4/h6-8,11-12,21-25,34H,5,9-10,13-19H2,1-4H3,(H,30,35)(H,31,36)(H,32,37). The number of hydrogen-bond donors (Lipinski definition) is 4. The predicted octanol–water partition coefficient (Wildman–Crippen LogP) is 2.40. The second-order valence-electron chi connectivity index (χ2n) is 11.8. The molecule has 1 aromatic carbocycles. The fourth-order valence-electron chi connectivity index (χ4n) is 5.71. The lowest BCUT2D eigenvalue weighted by Crippen LogP contribution is -2.60. The van der Waals surface area contributed by atoms with Crippen LogP contribution in [0.1, 0.15) is 71.8 Å². The number of benzene rings is 1. The van der Waals surface area contributed by atoms with Gasteiger partial charge in [-0.15, -0.1) is 0 Å². The first-order valence-electron chi connectivity index (χ1n) is 13.9. The van der Waals surface area contributed by atoms with Gasteiger partial charge in [-0.25, -0.2) is 0 Å². The van der Waals surface area contributed by atoms with Crippen LogP contribution in [0.15, 0.2) is 30.3 Å². The van der Waals surface area contributed by atoms with Crippen LogP contribution in [0.25, 0.3) is 0 Å². The maximum Gasteiger partial charge on any atom is 0.239 e. The van der Waals surface area contributed by atoms with E-state index in [1.807, 2.05) is 51.1 Å². The van der Waals surface area contributed by atoms with Crippen molar-refractivity contribution in [1.29, 1.82) is 0 Å². The number of nitrogens with one attached hydrogen (secondary N) is 3. The van der Waals surface area contributed by atoms with Crippen molar-refractivity contribution >= 4 is 17.7 Å². The number of rotatable bonds is 10. The number of nitrogens with zero attached hydrogens (tertiary/aromatic N) is 1. The lowest BCUT2D eigenvalue weighted by atomic mass is 9.72. The normalized spacial score (nSPS) is 23.9. The van der Waals surface area contributed by atoms with Gasteiger partial charge in [0.15, 0.2) is 0 Å². The molecule has 1 aromatic rings. The Labute approximate surface area is 222 Å². The summed E-state index contributed by atoms with van der Waals surface area (Å²) in [5.41, 5.74) is 0.662. The monoisotopic (exact) mass is 514 g/mol. The quantitative estimate of drug-likeness (QED) is 0.383. The minimum atomic E-state index is -0.879. The SMILES string of the molecule is CCC(=O)NCC(=O)NC(Cc1ccccc1)C(O)CN1CC2CCCCC2CC1C(=O)NC(C)(C)C. The number of carbonyl (C=O) groups is 3. The average Bonchev–Trinajstić information content (AvgIpc) is 2.86. The smallest absolute Gasteiger partial charge is 0.239 e. The molecule has 206 valence electrons. The van der Waals surface area contributed by atoms with Crippen LogP contribution in [0.5, 0.6) is 0 Å². The Kier molecular flexibility index (Phi) is 10.5. The summed E-state index contributed by atoms with van der Waals surface area (Å²) in [6.45, 7) is 8.63. The van der Waals surface area contributed by atoms with E-state index in [0.29, 0.717) is 31.2 Å². The molecule has 5 atom stereocenters. The third-order valence-electron chi connectivity index (χ3n) is 7.60. The second kappa shape index (κ2) is 13.4. The number of aliphatic hydroxyl groups excluding tert-OH is 1. The van der Waals surface area contributed by atoms with Gasteiger partial charge >= 0.3 is 0 Å². The van der Waals surface area contributed by atoms with E-state index in [1.165, 1.54) is 12.8 Å². The van der Waals surface area contributed by atoms with Crippen molar-refractivity contribution in [3.63, 3.8) is 0 Å². The van der Waals surface area contributed by atoms with E-state index in [0.717, 1.165) is 31.4 Å². The Morgan fingerprint density at radius 2 is 1.73 bits per heavy atom. The lowest BCUT2D eigenvalue weighted by Gasteiger charge is -2.47. The molecule has 3 rings (SSSR count). The number of likely N-dealkylation sites (tertiary alicyclic amines) is 1. The molecule has 0 aromatic heterocycles. The van der Waals surface area contributed by atoms with Crippen molar-refractivity contribution < 1.29 is 19.5 Å². The summed E-state index contributed by atoms with van der Waals surface area (Å²) in [5.74, 6) is 0.550. The number of carbonyl (C=O) groups excluding carboxylic acids is 3. The highest BCUT2D eigenvalue weighted by atomic mass is 16.3. The van der Waals surface area contributed by atoms with Crippen molar-refractivity contribution in [1.82, 2.24) is 20.9 Å². The molecule has 37 heavy (non-hydrogen) atoms. The van der Waals surface area contributed by atoms with E-state index in [2.05, 4.69) is 20.9 Å². The number of β-amino-alcohol motifs (C(OH)–C–C–N with tert-alkyl or cyclic N) is 1. The van der Waals surface area contributed by atoms with Crippen LogP contribution in [0, 0.1) is 11.8 Å². The van der Waals surface area contributed by atoms with Crippen molar-refractivity contribution in [2.75, 3.05) is 19.6 Å². The maximum atomic E-state index is 13.4. The Morgan fingerprint density at radius 1 is 1.05 bits per heavy atom. The predicted molar refractivity (Wildman–Crippen MR) is 145 cm³/mol. The summed E-state index contributed by atoms with van der Waals surface area (Å²) in [6.07, 6.45) is 5.44. The molecule has 5 unspecified atom stereocenters. The largest absolute Gasteiger partial charge is 0.390 e. The van der Waals surface area contributed by atoms with Crippen LogP contribution < -0.4 is 16.0 Å². The summed E-state index contributed by atoms with van der Waals surface area (Å²) >= 11 is 0. The van der Waals surface area contributed by atoms with Gasteiger partial charge in [-0.05, 0) is 57.4 Å². The van der Waals surface area contributed by atoms with E-state index >= 15 is 0 Å². The zero-order valence-electron chi connectivity index (χ0n) is 23.0. The Balaban J connectivity index is 1.75. The summed E-state index contributed by atoms with van der Waals surface area (Å²) in [6, 6.07) is 8.89. The fraction of sp³-hybridized carbons (Fsp3) is 0.690. The van der Waals surface area contributed by atoms with Gasteiger partial charge in [0.05, 0.1) is 24.7 Å². The average molecular weight is 515 g/mol. The van der Waals surface area contributed by atoms with E-state index < -0.39 is 12.1 Å². The molecule has 1 aliphatic carbocycles. The molecule has 8 heteroatoms. The Hall–Kier alpha value is -2.45. The van der Waals surface area contributed by atoms with E-state index in [4.69, 9.17) is 0 Å². The molecule has 3 amide bonds. The highest BCUT2D eigenvalue weighted by Gasteiger charge is 2.41. The van der Waals surface area contributed by atoms with Gasteiger partial charge in [0.1, 0.15) is 0 Å². The molecule has 1 heterocycles. The van der Waals surface area contributed by atoms with Crippen molar-refractivity contribution in [2.45, 2.75) is 96.4 Å². The van der Waals surface area contributed by atoms with Crippen LogP contribution in [0.4, 0.5) is 0 Å². The lowest BCUT2D eigenvalue weighted by molar-refractivity contribution is -0.133. The zero-order chi connectivity index (χ0) is 27.0. The van der Waals surface area contributed by atoms with E-state index in [9.17, 15) is 19.5 Å². The van der Waals surface area contributed by atoms with Gasteiger partial charge in [-0.2, -0.15) is 0 Å². The molecule has 1 saturated heterocycles. The van der Waals surface area contributed by atoms with E-state index in [1.54, 1.807) is 6.92 Å². The second-order valence-corrected chi connectivity index (χ2v) is 11.8. The first-order valence-corrected chi connectivity index (χ1v) is 13.9. The molecule has 0 bridgehead atoms. The number of amides is 3. The maximum absolute atomic E-state index is 13.4. The van der Waals surface area contributed by atoms with Gasteiger partial charge < -0.3 is 21.1 Å². The molecular formula is C29H46N4O4. The number of piperidine rings is 1. The van der Waals surface area contributed by atoms with Crippen molar-refractivity contribution in [2.24, 2.45) is 11.8 Å². The van der Waals surface area contributed by atoms with Crippen LogP contribution in [-0.4, -0.2) is 71.1 Å². The number of fused-ring (bicyclic) bond motifs is 1. The summed E-state index contributed by atoms with van der Waals surface area (Å²) in [4.78, 5) is 39.8. The number of aliphatic hydroxyl groups is 1. The Morgan fingerprint density at radius 3 is 2.38 bits per heavy atom. The van der Waals surface area contributed by atoms with Gasteiger partial charge in [0.25, 0.3) is 0 Å². The van der Waals surface area contributed by atoms with Crippen LogP contribution >= 0.6 is 0 Å². The van der Waals surface area contributed by atoms with Crippen molar-refractivity contribution in [3.8, 4) is 0 Å². The van der Waals surface area contributed by atoms with Gasteiger partial charge in [-0.3, -0.25) is 19.3 Å². The van der Waals surface area contributed by atoms with E-state index in [-0.39, 0.29) is 35.8 Å². The van der Waals surface area contributed by atoms with Crippen LogP contribution in [0.3, 0.4) is 0 Å². The highest BCUT2D eigenvalue weighted by Crippen LogP contribution is 2.38. The fourth-order valence-corrected chi connectivity index (χ4v) is 5.71. The molecule has 1 saturated carbocycles. The minimum Gasteiger partial charge on any atom is -0.390 e. The third-order valence-corrected chi connectivity index (χ3v) is 7.60. The molecule has 2 fully saturated rings. The molecule has 4 N–H and O–H groups in total.